The van der Waals surface area contributed by atoms with Gasteiger partial charge in [-0.1, -0.05) is 19.1 Å². The van der Waals surface area contributed by atoms with Crippen molar-refractivity contribution in [3.8, 4) is 0 Å². The number of nitrogen functional groups attached to an aromatic ring is 1. The van der Waals surface area contributed by atoms with Crippen LogP contribution in [-0.2, 0) is 16.1 Å². The molecule has 1 aromatic rings. The van der Waals surface area contributed by atoms with Gasteiger partial charge in [-0.2, -0.15) is 0 Å². The maximum Gasteiger partial charge on any atom is 0.265 e. The molecule has 0 saturated carbocycles. The van der Waals surface area contributed by atoms with Crippen molar-refractivity contribution in [2.75, 3.05) is 0 Å². The fourth-order valence-corrected chi connectivity index (χ4v) is 2.23. The van der Waals surface area contributed by atoms with Gasteiger partial charge in [-0.15, -0.1) is 0 Å². The van der Waals surface area contributed by atoms with Gasteiger partial charge in [0, 0.05) is 18.4 Å². The fourth-order valence-electron chi connectivity index (χ4n) is 2.23. The van der Waals surface area contributed by atoms with Gasteiger partial charge < -0.3 is 0 Å². The number of nitrogens with two attached hydrogens (primary N) is 1. The largest absolute Gasteiger partial charge is 0.290 e. The van der Waals surface area contributed by atoms with Crippen LogP contribution in [-0.4, -0.2) is 22.6 Å². The van der Waals surface area contributed by atoms with E-state index in [1.807, 2.05) is 12.3 Å². The zero-order valence-corrected chi connectivity index (χ0v) is 11.3. The third-order valence-corrected chi connectivity index (χ3v) is 3.34. The number of amides is 3. The van der Waals surface area contributed by atoms with Crippen molar-refractivity contribution >= 4 is 17.7 Å². The molecule has 0 radical (unpaired) electrons. The van der Waals surface area contributed by atoms with Gasteiger partial charge in [-0.25, -0.2) is 5.84 Å². The highest BCUT2D eigenvalue weighted by Crippen LogP contribution is 2.20. The molecule has 1 aromatic carbocycles. The summed E-state index contributed by atoms with van der Waals surface area (Å²) in [7, 11) is 0. The molecule has 106 valence electrons. The summed E-state index contributed by atoms with van der Waals surface area (Å²) in [6.07, 6.45) is 0.804. The van der Waals surface area contributed by atoms with E-state index in [1.54, 1.807) is 24.3 Å². The predicted octanol–water partition coefficient (Wildman–Crippen LogP) is 0.575. The van der Waals surface area contributed by atoms with Gasteiger partial charge in [-0.3, -0.25) is 24.7 Å². The van der Waals surface area contributed by atoms with E-state index < -0.39 is 0 Å². The van der Waals surface area contributed by atoms with Crippen molar-refractivity contribution in [3.05, 3.63) is 35.4 Å². The van der Waals surface area contributed by atoms with E-state index in [1.165, 1.54) is 4.90 Å². The van der Waals surface area contributed by atoms with E-state index in [0.29, 0.717) is 18.4 Å². The third kappa shape index (κ3) is 3.03. The number of carbonyl (C=O) groups excluding carboxylic acids is 3. The summed E-state index contributed by atoms with van der Waals surface area (Å²) >= 11 is 0. The Balaban J connectivity index is 2.08. The summed E-state index contributed by atoms with van der Waals surface area (Å²) in [5.41, 5.74) is 3.28. The number of carbonyl (C=O) groups is 3. The molecule has 0 aliphatic carbocycles. The lowest BCUT2D eigenvalue weighted by Gasteiger charge is -2.28. The summed E-state index contributed by atoms with van der Waals surface area (Å²) in [6.45, 7) is 2.14. The highest BCUT2D eigenvalue weighted by Gasteiger charge is 2.30. The molecular formula is C14H17N3O3. The molecule has 1 fully saturated rings. The predicted molar refractivity (Wildman–Crippen MR) is 72.1 cm³/mol. The highest BCUT2D eigenvalue weighted by molar-refractivity contribution is 5.98. The van der Waals surface area contributed by atoms with Crippen molar-refractivity contribution in [2.45, 2.75) is 26.3 Å². The van der Waals surface area contributed by atoms with E-state index in [4.69, 9.17) is 5.84 Å². The number of rotatable bonds is 3. The molecule has 0 unspecified atom stereocenters. The van der Waals surface area contributed by atoms with Crippen LogP contribution < -0.4 is 11.3 Å². The maximum absolute atomic E-state index is 11.9. The van der Waals surface area contributed by atoms with Crippen molar-refractivity contribution < 1.29 is 14.4 Å². The molecule has 1 saturated heterocycles. The molecule has 0 atom stereocenters. The van der Waals surface area contributed by atoms with Gasteiger partial charge in [0.05, 0.1) is 6.54 Å². The Morgan fingerprint density at radius 2 is 1.80 bits per heavy atom. The first-order valence-corrected chi connectivity index (χ1v) is 6.44. The van der Waals surface area contributed by atoms with E-state index in [2.05, 4.69) is 0 Å². The molecule has 6 nitrogen and oxygen atoms in total. The molecular weight excluding hydrogens is 258 g/mol. The van der Waals surface area contributed by atoms with Crippen LogP contribution in [0.25, 0.3) is 0 Å². The summed E-state index contributed by atoms with van der Waals surface area (Å²) in [5.74, 6) is 4.50. The van der Waals surface area contributed by atoms with E-state index in [9.17, 15) is 14.4 Å². The molecule has 1 aliphatic rings. The number of benzene rings is 1. The van der Waals surface area contributed by atoms with Crippen LogP contribution >= 0.6 is 0 Å². The molecule has 1 heterocycles. The van der Waals surface area contributed by atoms with Crippen LogP contribution in [0.15, 0.2) is 24.3 Å². The minimum atomic E-state index is -0.379. The molecule has 1 aliphatic heterocycles. The molecule has 3 amide bonds. The van der Waals surface area contributed by atoms with Gasteiger partial charge in [-0.05, 0) is 23.6 Å². The summed E-state index contributed by atoms with van der Waals surface area (Å²) < 4.78 is 0. The van der Waals surface area contributed by atoms with Crippen LogP contribution in [0.4, 0.5) is 0 Å². The van der Waals surface area contributed by atoms with Gasteiger partial charge >= 0.3 is 0 Å². The lowest BCUT2D eigenvalue weighted by Crippen LogP contribution is -2.42. The number of imide groups is 1. The second-order valence-corrected chi connectivity index (χ2v) is 5.06. The maximum atomic E-state index is 11.9. The highest BCUT2D eigenvalue weighted by atomic mass is 16.2. The number of hydrogen-bond acceptors (Lipinski definition) is 4. The van der Waals surface area contributed by atoms with Gasteiger partial charge in [0.2, 0.25) is 11.8 Å². The summed E-state index contributed by atoms with van der Waals surface area (Å²) in [4.78, 5) is 36.3. The van der Waals surface area contributed by atoms with Gasteiger partial charge in [0.15, 0.2) is 0 Å². The fraction of sp³-hybridized carbons (Fsp3) is 0.357. The molecule has 2 rings (SSSR count). The van der Waals surface area contributed by atoms with E-state index in [0.717, 1.165) is 5.56 Å². The third-order valence-electron chi connectivity index (χ3n) is 3.34. The standard InChI is InChI=1S/C14H17N3O3/c1-9-6-12(18)17(13(19)7-9)8-10-2-4-11(5-3-10)14(20)16-15/h2-5,9H,6-8,15H2,1H3,(H,16,20). The lowest BCUT2D eigenvalue weighted by atomic mass is 9.97. The zero-order chi connectivity index (χ0) is 14.7. The van der Waals surface area contributed by atoms with Crippen LogP contribution in [0.2, 0.25) is 0 Å². The van der Waals surface area contributed by atoms with Crippen LogP contribution in [0.3, 0.4) is 0 Å². The normalized spacial score (nSPS) is 16.4. The van der Waals surface area contributed by atoms with Crippen molar-refractivity contribution in [2.24, 2.45) is 11.8 Å². The molecule has 20 heavy (non-hydrogen) atoms. The van der Waals surface area contributed by atoms with Crippen LogP contribution in [0, 0.1) is 5.92 Å². The summed E-state index contributed by atoms with van der Waals surface area (Å²) in [5, 5.41) is 0. The SMILES string of the molecule is CC1CC(=O)N(Cc2ccc(C(=O)NN)cc2)C(=O)C1. The Kier molecular flexibility index (Phi) is 4.14. The Hall–Kier alpha value is -2.21. The number of nitrogens with one attached hydrogen (secondary N) is 1. The Morgan fingerprint density at radius 1 is 1.25 bits per heavy atom. The average molecular weight is 275 g/mol. The number of hydrazine groups is 1. The van der Waals surface area contributed by atoms with Crippen molar-refractivity contribution in [1.82, 2.24) is 10.3 Å². The van der Waals surface area contributed by atoms with Gasteiger partial charge in [0.1, 0.15) is 0 Å². The second-order valence-electron chi connectivity index (χ2n) is 5.06. The molecule has 0 spiro atoms. The zero-order valence-electron chi connectivity index (χ0n) is 11.3. The Labute approximate surface area is 116 Å². The number of hydrogen-bond donors (Lipinski definition) is 2. The van der Waals surface area contributed by atoms with Crippen molar-refractivity contribution in [3.63, 3.8) is 0 Å². The lowest BCUT2D eigenvalue weighted by molar-refractivity contribution is -0.150. The smallest absolute Gasteiger partial charge is 0.265 e. The van der Waals surface area contributed by atoms with E-state index >= 15 is 0 Å². The molecule has 0 bridgehead atoms. The van der Waals surface area contributed by atoms with Crippen LogP contribution in [0.1, 0.15) is 35.7 Å². The van der Waals surface area contributed by atoms with E-state index in [-0.39, 0.29) is 30.2 Å². The minimum Gasteiger partial charge on any atom is -0.290 e. The Morgan fingerprint density at radius 3 is 2.30 bits per heavy atom. The molecule has 0 aromatic heterocycles. The number of nitrogens with zero attached hydrogens (tertiary/aromatic N) is 1. The minimum absolute atomic E-state index is 0.113. The first-order valence-electron chi connectivity index (χ1n) is 6.44. The second kappa shape index (κ2) is 5.83. The topological polar surface area (TPSA) is 92.5 Å². The number of likely N-dealkylation sites (tertiary alicyclic amines) is 1. The first kappa shape index (κ1) is 14.2. The monoisotopic (exact) mass is 275 g/mol. The Bertz CT molecular complexity index is 521. The first-order chi connectivity index (χ1) is 9.51. The average Bonchev–Trinajstić information content (AvgIpc) is 2.42. The number of piperidine rings is 1. The van der Waals surface area contributed by atoms with Crippen LogP contribution in [0.5, 0.6) is 0 Å². The molecule has 3 N–H and O–H groups in total. The van der Waals surface area contributed by atoms with Gasteiger partial charge in [0.25, 0.3) is 5.91 Å². The quantitative estimate of drug-likeness (QED) is 0.365. The summed E-state index contributed by atoms with van der Waals surface area (Å²) in [6, 6.07) is 6.64. The van der Waals surface area contributed by atoms with Crippen molar-refractivity contribution in [1.29, 1.82) is 0 Å². The molecule has 6 heteroatoms.